The molecule has 0 aliphatic carbocycles. The van der Waals surface area contributed by atoms with Crippen molar-refractivity contribution in [1.82, 2.24) is 4.72 Å². The number of nitrogens with two attached hydrogens (primary N) is 1. The summed E-state index contributed by atoms with van der Waals surface area (Å²) >= 11 is 0. The number of hydrogen-bond donors (Lipinski definition) is 2. The van der Waals surface area contributed by atoms with Crippen LogP contribution in [0.15, 0.2) is 23.1 Å². The first kappa shape index (κ1) is 17.6. The molecule has 1 atom stereocenters. The van der Waals surface area contributed by atoms with Gasteiger partial charge in [0.1, 0.15) is 5.82 Å². The van der Waals surface area contributed by atoms with Crippen molar-refractivity contribution in [3.05, 3.63) is 29.6 Å². The van der Waals surface area contributed by atoms with Gasteiger partial charge in [-0.3, -0.25) is 0 Å². The summed E-state index contributed by atoms with van der Waals surface area (Å²) in [6.45, 7) is 2.23. The zero-order chi connectivity index (χ0) is 15.9. The molecule has 0 aromatic heterocycles. The molecule has 0 amide bonds. The van der Waals surface area contributed by atoms with Gasteiger partial charge in [-0.1, -0.05) is 11.8 Å². The van der Waals surface area contributed by atoms with Crippen LogP contribution in [0.5, 0.6) is 0 Å². The molecule has 1 unspecified atom stereocenters. The average Bonchev–Trinajstić information content (AvgIpc) is 2.42. The summed E-state index contributed by atoms with van der Waals surface area (Å²) in [4.78, 5) is -0.0610. The molecule has 1 aromatic carbocycles. The Morgan fingerprint density at radius 2 is 2.19 bits per heavy atom. The molecule has 0 radical (unpaired) electrons. The molecule has 21 heavy (non-hydrogen) atoms. The molecule has 0 heterocycles. The molecule has 0 saturated heterocycles. The van der Waals surface area contributed by atoms with E-state index in [0.29, 0.717) is 13.0 Å². The summed E-state index contributed by atoms with van der Waals surface area (Å²) < 4.78 is 45.3. The summed E-state index contributed by atoms with van der Waals surface area (Å²) in [5.41, 5.74) is 5.35. The van der Waals surface area contributed by atoms with Crippen LogP contribution in [-0.2, 0) is 14.8 Å². The lowest BCUT2D eigenvalue weighted by atomic mass is 10.2. The van der Waals surface area contributed by atoms with Gasteiger partial charge in [-0.15, -0.1) is 0 Å². The van der Waals surface area contributed by atoms with Crippen LogP contribution in [0.25, 0.3) is 0 Å². The Morgan fingerprint density at radius 3 is 2.81 bits per heavy atom. The summed E-state index contributed by atoms with van der Waals surface area (Å²) in [6, 6.07) is 3.05. The highest BCUT2D eigenvalue weighted by molar-refractivity contribution is 7.89. The lowest BCUT2D eigenvalue weighted by Crippen LogP contribution is -2.33. The van der Waals surface area contributed by atoms with Crippen molar-refractivity contribution in [3.8, 4) is 11.8 Å². The largest absolute Gasteiger partial charge is 0.385 e. The van der Waals surface area contributed by atoms with E-state index in [1.807, 2.05) is 0 Å². The quantitative estimate of drug-likeness (QED) is 0.762. The Balaban J connectivity index is 3.07. The Kier molecular flexibility index (Phi) is 6.78. The fraction of sp³-hybridized carbons (Fsp3) is 0.429. The summed E-state index contributed by atoms with van der Waals surface area (Å²) in [5, 5.41) is 0. The Morgan fingerprint density at radius 1 is 1.48 bits per heavy atom. The molecule has 0 aliphatic rings. The van der Waals surface area contributed by atoms with E-state index in [4.69, 9.17) is 10.5 Å². The van der Waals surface area contributed by atoms with Crippen molar-refractivity contribution >= 4 is 10.0 Å². The minimum absolute atomic E-state index is 0.0610. The zero-order valence-corrected chi connectivity index (χ0v) is 12.8. The second-order valence-electron chi connectivity index (χ2n) is 4.45. The van der Waals surface area contributed by atoms with Gasteiger partial charge in [0.05, 0.1) is 11.4 Å². The number of methoxy groups -OCH3 is 1. The fourth-order valence-corrected chi connectivity index (χ4v) is 3.08. The molecular formula is C14H19FN2O3S. The van der Waals surface area contributed by atoms with E-state index in [1.54, 1.807) is 14.0 Å². The molecule has 0 spiro atoms. The molecule has 7 heteroatoms. The normalized spacial score (nSPS) is 12.6. The Bertz CT molecular complexity index is 635. The summed E-state index contributed by atoms with van der Waals surface area (Å²) in [6.07, 6.45) is 0.529. The number of ether oxygens (including phenoxy) is 1. The van der Waals surface area contributed by atoms with Crippen molar-refractivity contribution in [3.63, 3.8) is 0 Å². The van der Waals surface area contributed by atoms with E-state index in [1.165, 1.54) is 6.07 Å². The third-order valence-electron chi connectivity index (χ3n) is 2.67. The van der Waals surface area contributed by atoms with Crippen LogP contribution in [0.2, 0.25) is 0 Å². The van der Waals surface area contributed by atoms with Gasteiger partial charge in [-0.05, 0) is 31.5 Å². The smallest absolute Gasteiger partial charge is 0.242 e. The van der Waals surface area contributed by atoms with Crippen LogP contribution in [0.4, 0.5) is 4.39 Å². The van der Waals surface area contributed by atoms with Crippen LogP contribution in [0.3, 0.4) is 0 Å². The van der Waals surface area contributed by atoms with Crippen LogP contribution >= 0.6 is 0 Å². The minimum atomic E-state index is -3.78. The van der Waals surface area contributed by atoms with Gasteiger partial charge < -0.3 is 10.5 Å². The predicted octanol–water partition coefficient (Wildman–Crippen LogP) is 0.839. The van der Waals surface area contributed by atoms with Gasteiger partial charge in [0.2, 0.25) is 10.0 Å². The van der Waals surface area contributed by atoms with Crippen LogP contribution in [0, 0.1) is 17.7 Å². The maximum Gasteiger partial charge on any atom is 0.242 e. The fourth-order valence-electron chi connectivity index (χ4n) is 1.66. The molecule has 1 aromatic rings. The number of sulfonamides is 1. The maximum atomic E-state index is 13.3. The first-order valence-electron chi connectivity index (χ1n) is 6.40. The molecule has 3 N–H and O–H groups in total. The van der Waals surface area contributed by atoms with Crippen molar-refractivity contribution in [2.75, 3.05) is 20.3 Å². The third-order valence-corrected chi connectivity index (χ3v) is 4.32. The lowest BCUT2D eigenvalue weighted by Gasteiger charge is -2.14. The maximum absolute atomic E-state index is 13.3. The first-order chi connectivity index (χ1) is 9.90. The van der Waals surface area contributed by atoms with Crippen molar-refractivity contribution in [2.24, 2.45) is 5.73 Å². The topological polar surface area (TPSA) is 81.4 Å². The van der Waals surface area contributed by atoms with Gasteiger partial charge in [-0.25, -0.2) is 17.5 Å². The number of hydrogen-bond acceptors (Lipinski definition) is 4. The van der Waals surface area contributed by atoms with Gasteiger partial charge in [0, 0.05) is 25.3 Å². The van der Waals surface area contributed by atoms with E-state index >= 15 is 0 Å². The van der Waals surface area contributed by atoms with E-state index in [0.717, 1.165) is 12.1 Å². The van der Waals surface area contributed by atoms with Crippen molar-refractivity contribution in [1.29, 1.82) is 0 Å². The molecule has 0 bridgehead atoms. The lowest BCUT2D eigenvalue weighted by molar-refractivity contribution is 0.188. The average molecular weight is 314 g/mol. The second kappa shape index (κ2) is 8.10. The first-order valence-corrected chi connectivity index (χ1v) is 7.88. The van der Waals surface area contributed by atoms with E-state index < -0.39 is 15.8 Å². The predicted molar refractivity (Wildman–Crippen MR) is 78.6 cm³/mol. The van der Waals surface area contributed by atoms with Crippen LogP contribution < -0.4 is 10.5 Å². The number of rotatable bonds is 6. The highest BCUT2D eigenvalue weighted by atomic mass is 32.2. The van der Waals surface area contributed by atoms with Gasteiger partial charge >= 0.3 is 0 Å². The number of nitrogens with one attached hydrogen (secondary N) is 1. The zero-order valence-electron chi connectivity index (χ0n) is 12.0. The van der Waals surface area contributed by atoms with Gasteiger partial charge in [-0.2, -0.15) is 0 Å². The monoisotopic (exact) mass is 314 g/mol. The Labute approximate surface area is 124 Å². The molecule has 116 valence electrons. The molecular weight excluding hydrogens is 295 g/mol. The van der Waals surface area contributed by atoms with Gasteiger partial charge in [0.25, 0.3) is 0 Å². The van der Waals surface area contributed by atoms with E-state index in [9.17, 15) is 12.8 Å². The minimum Gasteiger partial charge on any atom is -0.385 e. The highest BCUT2D eigenvalue weighted by Gasteiger charge is 2.20. The van der Waals surface area contributed by atoms with Crippen LogP contribution in [-0.4, -0.2) is 34.7 Å². The van der Waals surface area contributed by atoms with Crippen LogP contribution in [0.1, 0.15) is 18.9 Å². The summed E-state index contributed by atoms with van der Waals surface area (Å²) in [7, 11) is -2.24. The van der Waals surface area contributed by atoms with E-state index in [-0.39, 0.29) is 23.0 Å². The SMILES string of the molecule is COCCC(C)NS(=O)(=O)c1ccc(F)cc1C#CCN. The Hall–Kier alpha value is -1.46. The molecule has 0 fully saturated rings. The van der Waals surface area contributed by atoms with Gasteiger partial charge in [0.15, 0.2) is 0 Å². The standard InChI is InChI=1S/C14H19FN2O3S/c1-11(7-9-20-2)17-21(18,19)14-6-5-13(15)10-12(14)4-3-8-16/h5-6,10-11,17H,7-9,16H2,1-2H3. The molecule has 0 saturated carbocycles. The number of benzene rings is 1. The van der Waals surface area contributed by atoms with Crippen molar-refractivity contribution < 1.29 is 17.5 Å². The second-order valence-corrected chi connectivity index (χ2v) is 6.13. The molecule has 5 nitrogen and oxygen atoms in total. The third kappa shape index (κ3) is 5.44. The number of halogens is 1. The van der Waals surface area contributed by atoms with E-state index in [2.05, 4.69) is 16.6 Å². The summed E-state index contributed by atoms with van der Waals surface area (Å²) in [5.74, 6) is 4.56. The molecule has 1 rings (SSSR count). The van der Waals surface area contributed by atoms with Crippen molar-refractivity contribution in [2.45, 2.75) is 24.3 Å². The molecule has 0 aliphatic heterocycles. The highest BCUT2D eigenvalue weighted by Crippen LogP contribution is 2.17.